The summed E-state index contributed by atoms with van der Waals surface area (Å²) in [7, 11) is -1.89. The van der Waals surface area contributed by atoms with Gasteiger partial charge in [-0.15, -0.1) is 0 Å². The molecule has 0 radical (unpaired) electrons. The second kappa shape index (κ2) is 7.03. The Hall–Kier alpha value is -1.87. The van der Waals surface area contributed by atoms with Gasteiger partial charge in [0.05, 0.1) is 36.3 Å². The second-order valence-electron chi connectivity index (χ2n) is 6.36. The third-order valence-electron chi connectivity index (χ3n) is 4.69. The zero-order valence-corrected chi connectivity index (χ0v) is 16.8. The Morgan fingerprint density at radius 1 is 1.38 bits per heavy atom. The molecule has 7 nitrogen and oxygen atoms in total. The highest BCUT2D eigenvalue weighted by Gasteiger charge is 2.42. The molecule has 1 aromatic carbocycles. The number of halogens is 1. The first kappa shape index (κ1) is 18.9. The lowest BCUT2D eigenvalue weighted by Gasteiger charge is -2.38. The first-order valence-electron chi connectivity index (χ1n) is 8.08. The summed E-state index contributed by atoms with van der Waals surface area (Å²) in [6, 6.07) is 5.72. The number of urea groups is 1. The van der Waals surface area contributed by atoms with Crippen LogP contribution in [0.15, 0.2) is 40.0 Å². The van der Waals surface area contributed by atoms with Gasteiger partial charge in [0.2, 0.25) is 0 Å². The molecule has 1 aromatic rings. The monoisotopic (exact) mass is 442 g/mol. The van der Waals surface area contributed by atoms with Crippen molar-refractivity contribution in [2.24, 2.45) is 0 Å². The Labute approximate surface area is 160 Å². The van der Waals surface area contributed by atoms with Crippen LogP contribution < -0.4 is 5.32 Å². The van der Waals surface area contributed by atoms with Gasteiger partial charge in [0.15, 0.2) is 9.84 Å². The number of rotatable bonds is 3. The Kier molecular flexibility index (Phi) is 5.12. The third kappa shape index (κ3) is 3.50. The normalized spacial score (nSPS) is 25.2. The van der Waals surface area contributed by atoms with Crippen molar-refractivity contribution < 1.29 is 22.7 Å². The molecule has 0 spiro atoms. The summed E-state index contributed by atoms with van der Waals surface area (Å²) < 4.78 is 29.4. The molecule has 2 unspecified atom stereocenters. The van der Waals surface area contributed by atoms with Crippen molar-refractivity contribution in [2.45, 2.75) is 25.4 Å². The molecule has 9 heteroatoms. The van der Waals surface area contributed by atoms with Gasteiger partial charge in [-0.3, -0.25) is 4.90 Å². The number of hydrogen-bond donors (Lipinski definition) is 1. The maximum absolute atomic E-state index is 12.7. The van der Waals surface area contributed by atoms with Crippen LogP contribution in [0.2, 0.25) is 0 Å². The molecule has 1 fully saturated rings. The molecule has 2 atom stereocenters. The smallest absolute Gasteiger partial charge is 0.337 e. The summed E-state index contributed by atoms with van der Waals surface area (Å²) in [5.41, 5.74) is 1.45. The SMILES string of the molecule is COC(=O)C1=C(C)N(C2CCS(=O)(=O)C2)C(=O)NC1c1cccc(Br)c1. The lowest BCUT2D eigenvalue weighted by Crippen LogP contribution is -2.52. The fourth-order valence-corrected chi connectivity index (χ4v) is 5.60. The molecule has 1 saturated heterocycles. The third-order valence-corrected chi connectivity index (χ3v) is 6.93. The highest BCUT2D eigenvalue weighted by Crippen LogP contribution is 2.34. The van der Waals surface area contributed by atoms with Crippen molar-refractivity contribution in [1.82, 2.24) is 10.2 Å². The minimum Gasteiger partial charge on any atom is -0.466 e. The Morgan fingerprint density at radius 3 is 2.69 bits per heavy atom. The predicted octanol–water partition coefficient (Wildman–Crippen LogP) is 2.15. The average Bonchev–Trinajstić information content (AvgIpc) is 2.93. The first-order chi connectivity index (χ1) is 12.2. The molecular weight excluding hydrogens is 424 g/mol. The molecule has 2 heterocycles. The summed E-state index contributed by atoms with van der Waals surface area (Å²) >= 11 is 3.39. The molecule has 3 rings (SSSR count). The number of carbonyl (C=O) groups is 2. The predicted molar refractivity (Wildman–Crippen MR) is 99.0 cm³/mol. The quantitative estimate of drug-likeness (QED) is 0.723. The molecule has 2 aliphatic heterocycles. The van der Waals surface area contributed by atoms with Crippen LogP contribution in [-0.4, -0.2) is 50.0 Å². The summed E-state index contributed by atoms with van der Waals surface area (Å²) in [6.07, 6.45) is 0.350. The molecule has 0 saturated carbocycles. The Bertz CT molecular complexity index is 896. The zero-order valence-electron chi connectivity index (χ0n) is 14.4. The maximum Gasteiger partial charge on any atom is 0.337 e. The summed E-state index contributed by atoms with van der Waals surface area (Å²) in [6.45, 7) is 1.65. The molecular formula is C17H19BrN2O5S. The minimum atomic E-state index is -3.17. The van der Waals surface area contributed by atoms with E-state index >= 15 is 0 Å². The van der Waals surface area contributed by atoms with E-state index < -0.39 is 33.9 Å². The first-order valence-corrected chi connectivity index (χ1v) is 10.7. The lowest BCUT2D eigenvalue weighted by molar-refractivity contribution is -0.136. The van der Waals surface area contributed by atoms with E-state index in [9.17, 15) is 18.0 Å². The van der Waals surface area contributed by atoms with Gasteiger partial charge in [-0.25, -0.2) is 18.0 Å². The molecule has 1 N–H and O–H groups in total. The van der Waals surface area contributed by atoms with Crippen LogP contribution in [0.3, 0.4) is 0 Å². The molecule has 0 bridgehead atoms. The number of ether oxygens (including phenoxy) is 1. The minimum absolute atomic E-state index is 0.0390. The average molecular weight is 443 g/mol. The van der Waals surface area contributed by atoms with Gasteiger partial charge in [0.1, 0.15) is 0 Å². The summed E-state index contributed by atoms with van der Waals surface area (Å²) in [4.78, 5) is 26.6. The highest BCUT2D eigenvalue weighted by atomic mass is 79.9. The van der Waals surface area contributed by atoms with Crippen LogP contribution in [0.25, 0.3) is 0 Å². The van der Waals surface area contributed by atoms with Crippen molar-refractivity contribution in [3.8, 4) is 0 Å². The molecule has 0 aromatic heterocycles. The lowest BCUT2D eigenvalue weighted by atomic mass is 9.94. The number of methoxy groups -OCH3 is 1. The molecule has 2 amide bonds. The van der Waals surface area contributed by atoms with E-state index in [-0.39, 0.29) is 11.5 Å². The number of nitrogens with zero attached hydrogens (tertiary/aromatic N) is 1. The van der Waals surface area contributed by atoms with E-state index in [2.05, 4.69) is 21.2 Å². The molecule has 140 valence electrons. The summed E-state index contributed by atoms with van der Waals surface area (Å²) in [5.74, 6) is -0.621. The van der Waals surface area contributed by atoms with Crippen LogP contribution in [-0.2, 0) is 19.4 Å². The van der Waals surface area contributed by atoms with E-state index in [0.29, 0.717) is 17.7 Å². The summed E-state index contributed by atoms with van der Waals surface area (Å²) in [5, 5.41) is 2.82. The Morgan fingerprint density at radius 2 is 2.12 bits per heavy atom. The van der Waals surface area contributed by atoms with E-state index in [4.69, 9.17) is 4.74 Å². The van der Waals surface area contributed by atoms with Gasteiger partial charge in [0, 0.05) is 10.2 Å². The fourth-order valence-electron chi connectivity index (χ4n) is 3.49. The number of sulfone groups is 1. The number of esters is 1. The van der Waals surface area contributed by atoms with Gasteiger partial charge >= 0.3 is 12.0 Å². The van der Waals surface area contributed by atoms with Crippen molar-refractivity contribution >= 4 is 37.8 Å². The van der Waals surface area contributed by atoms with E-state index in [0.717, 1.165) is 10.0 Å². The van der Waals surface area contributed by atoms with Crippen molar-refractivity contribution in [1.29, 1.82) is 0 Å². The Balaban J connectivity index is 2.07. The van der Waals surface area contributed by atoms with Crippen LogP contribution in [0.5, 0.6) is 0 Å². The second-order valence-corrected chi connectivity index (χ2v) is 9.50. The highest BCUT2D eigenvalue weighted by molar-refractivity contribution is 9.10. The largest absolute Gasteiger partial charge is 0.466 e. The number of allylic oxidation sites excluding steroid dienone is 1. The number of nitrogens with one attached hydrogen (secondary N) is 1. The van der Waals surface area contributed by atoms with Crippen molar-refractivity contribution in [3.05, 3.63) is 45.6 Å². The maximum atomic E-state index is 12.7. The number of carbonyl (C=O) groups excluding carboxylic acids is 2. The van der Waals surface area contributed by atoms with E-state index in [1.807, 2.05) is 24.3 Å². The van der Waals surface area contributed by atoms with E-state index in [1.54, 1.807) is 6.92 Å². The van der Waals surface area contributed by atoms with Crippen molar-refractivity contribution in [3.63, 3.8) is 0 Å². The van der Waals surface area contributed by atoms with Gasteiger partial charge in [-0.1, -0.05) is 28.1 Å². The van der Waals surface area contributed by atoms with Crippen LogP contribution in [0.4, 0.5) is 4.79 Å². The van der Waals surface area contributed by atoms with Gasteiger partial charge in [0.25, 0.3) is 0 Å². The topological polar surface area (TPSA) is 92.8 Å². The molecule has 2 aliphatic rings. The molecule has 0 aliphatic carbocycles. The number of amides is 2. The fraction of sp³-hybridized carbons (Fsp3) is 0.412. The van der Waals surface area contributed by atoms with Gasteiger partial charge in [-0.05, 0) is 31.0 Å². The number of hydrogen-bond acceptors (Lipinski definition) is 5. The van der Waals surface area contributed by atoms with Crippen molar-refractivity contribution in [2.75, 3.05) is 18.6 Å². The molecule has 26 heavy (non-hydrogen) atoms. The standard InChI is InChI=1S/C17H19BrN2O5S/c1-10-14(16(21)25-2)15(11-4-3-5-12(18)8-11)19-17(22)20(10)13-6-7-26(23,24)9-13/h3-5,8,13,15H,6-7,9H2,1-2H3,(H,19,22). The van der Waals surface area contributed by atoms with Gasteiger partial charge < -0.3 is 10.1 Å². The van der Waals surface area contributed by atoms with Crippen LogP contribution in [0.1, 0.15) is 24.9 Å². The van der Waals surface area contributed by atoms with Crippen LogP contribution >= 0.6 is 15.9 Å². The van der Waals surface area contributed by atoms with E-state index in [1.165, 1.54) is 12.0 Å². The zero-order chi connectivity index (χ0) is 19.1. The van der Waals surface area contributed by atoms with Crippen LogP contribution in [0, 0.1) is 0 Å². The van der Waals surface area contributed by atoms with Gasteiger partial charge in [-0.2, -0.15) is 0 Å². The number of benzene rings is 1.